The Balaban J connectivity index is 2.35. The average Bonchev–Trinajstić information content (AvgIpc) is 2.47. The third kappa shape index (κ3) is 2.85. The van der Waals surface area contributed by atoms with Crippen LogP contribution in [0.25, 0.3) is 0 Å². The molecule has 1 fully saturated rings. The zero-order chi connectivity index (χ0) is 14.7. The molecule has 6 heteroatoms. The van der Waals surface area contributed by atoms with Gasteiger partial charge in [-0.15, -0.1) is 0 Å². The van der Waals surface area contributed by atoms with Crippen molar-refractivity contribution in [2.45, 2.75) is 38.1 Å². The molecular formula is C14H20N2O4. The smallest absolute Gasteiger partial charge is 0.314 e. The van der Waals surface area contributed by atoms with Gasteiger partial charge in [-0.1, -0.05) is 19.3 Å². The van der Waals surface area contributed by atoms with Gasteiger partial charge in [-0.3, -0.25) is 10.1 Å². The SMILES string of the molecule is COc1cc([C@@H](N)C2CCCCC2)cc([N+](=O)[O-])c1O. The van der Waals surface area contributed by atoms with E-state index in [9.17, 15) is 15.2 Å². The lowest BCUT2D eigenvalue weighted by Gasteiger charge is -2.27. The molecule has 0 amide bonds. The maximum atomic E-state index is 11.0. The van der Waals surface area contributed by atoms with Crippen molar-refractivity contribution >= 4 is 5.69 Å². The van der Waals surface area contributed by atoms with Crippen LogP contribution in [-0.2, 0) is 0 Å². The summed E-state index contributed by atoms with van der Waals surface area (Å²) in [5, 5.41) is 20.8. The molecule has 0 heterocycles. The summed E-state index contributed by atoms with van der Waals surface area (Å²) in [4.78, 5) is 10.4. The van der Waals surface area contributed by atoms with Crippen LogP contribution in [-0.4, -0.2) is 17.1 Å². The Kier molecular flexibility index (Phi) is 4.44. The fourth-order valence-corrected chi connectivity index (χ4v) is 2.87. The molecule has 110 valence electrons. The van der Waals surface area contributed by atoms with Crippen molar-refractivity contribution in [2.24, 2.45) is 11.7 Å². The lowest BCUT2D eigenvalue weighted by molar-refractivity contribution is -0.386. The van der Waals surface area contributed by atoms with Gasteiger partial charge < -0.3 is 15.6 Å². The Hall–Kier alpha value is -1.82. The van der Waals surface area contributed by atoms with Gasteiger partial charge in [0.15, 0.2) is 5.75 Å². The van der Waals surface area contributed by atoms with Crippen molar-refractivity contribution in [3.63, 3.8) is 0 Å². The molecule has 6 nitrogen and oxygen atoms in total. The highest BCUT2D eigenvalue weighted by molar-refractivity contribution is 5.57. The van der Waals surface area contributed by atoms with E-state index < -0.39 is 10.7 Å². The molecule has 1 saturated carbocycles. The molecule has 1 aliphatic carbocycles. The van der Waals surface area contributed by atoms with Gasteiger partial charge in [0.25, 0.3) is 0 Å². The van der Waals surface area contributed by atoms with Crippen LogP contribution in [0.3, 0.4) is 0 Å². The van der Waals surface area contributed by atoms with Crippen LogP contribution < -0.4 is 10.5 Å². The number of phenols is 1. The van der Waals surface area contributed by atoms with E-state index in [2.05, 4.69) is 0 Å². The van der Waals surface area contributed by atoms with Crippen LogP contribution in [0.2, 0.25) is 0 Å². The van der Waals surface area contributed by atoms with Crippen LogP contribution in [0.1, 0.15) is 43.7 Å². The zero-order valence-electron chi connectivity index (χ0n) is 11.5. The van der Waals surface area contributed by atoms with E-state index in [-0.39, 0.29) is 17.5 Å². The minimum absolute atomic E-state index is 0.0976. The van der Waals surface area contributed by atoms with Crippen molar-refractivity contribution in [3.8, 4) is 11.5 Å². The van der Waals surface area contributed by atoms with E-state index in [1.165, 1.54) is 19.6 Å². The van der Waals surface area contributed by atoms with Gasteiger partial charge in [0.05, 0.1) is 12.0 Å². The number of hydrogen-bond donors (Lipinski definition) is 2. The molecule has 0 spiro atoms. The molecule has 0 aromatic heterocycles. The Morgan fingerprint density at radius 2 is 2.05 bits per heavy atom. The van der Waals surface area contributed by atoms with Gasteiger partial charge in [-0.05, 0) is 30.4 Å². The molecule has 1 atom stereocenters. The number of ether oxygens (including phenoxy) is 1. The molecule has 0 bridgehead atoms. The third-order valence-electron chi connectivity index (χ3n) is 4.04. The number of methoxy groups -OCH3 is 1. The summed E-state index contributed by atoms with van der Waals surface area (Å²) in [6.45, 7) is 0. The highest BCUT2D eigenvalue weighted by atomic mass is 16.6. The van der Waals surface area contributed by atoms with Crippen LogP contribution >= 0.6 is 0 Å². The van der Waals surface area contributed by atoms with Crippen molar-refractivity contribution in [1.29, 1.82) is 0 Å². The highest BCUT2D eigenvalue weighted by Crippen LogP contribution is 2.41. The summed E-state index contributed by atoms with van der Waals surface area (Å²) >= 11 is 0. The van der Waals surface area contributed by atoms with E-state index in [4.69, 9.17) is 10.5 Å². The number of phenolic OH excluding ortho intramolecular Hbond substituents is 1. The topological polar surface area (TPSA) is 98.6 Å². The zero-order valence-corrected chi connectivity index (χ0v) is 11.5. The lowest BCUT2D eigenvalue weighted by atomic mass is 9.81. The molecule has 3 N–H and O–H groups in total. The maximum Gasteiger partial charge on any atom is 0.314 e. The summed E-state index contributed by atoms with van der Waals surface area (Å²) in [5.41, 5.74) is 6.55. The molecule has 1 aromatic carbocycles. The van der Waals surface area contributed by atoms with Crippen molar-refractivity contribution < 1.29 is 14.8 Å². The molecule has 0 saturated heterocycles. The number of benzene rings is 1. The van der Waals surface area contributed by atoms with Gasteiger partial charge >= 0.3 is 5.69 Å². The average molecular weight is 280 g/mol. The molecular weight excluding hydrogens is 260 g/mol. The van der Waals surface area contributed by atoms with Gasteiger partial charge in [-0.25, -0.2) is 0 Å². The third-order valence-corrected chi connectivity index (χ3v) is 4.04. The normalized spacial score (nSPS) is 17.7. The number of hydrogen-bond acceptors (Lipinski definition) is 5. The van der Waals surface area contributed by atoms with E-state index in [1.807, 2.05) is 0 Å². The summed E-state index contributed by atoms with van der Waals surface area (Å²) < 4.78 is 5.00. The first-order chi connectivity index (χ1) is 9.54. The van der Waals surface area contributed by atoms with Crippen LogP contribution in [0.5, 0.6) is 11.5 Å². The molecule has 2 rings (SSSR count). The number of nitro benzene ring substituents is 1. The lowest BCUT2D eigenvalue weighted by Crippen LogP contribution is -2.23. The first kappa shape index (κ1) is 14.6. The van der Waals surface area contributed by atoms with E-state index in [1.54, 1.807) is 6.07 Å². The van der Waals surface area contributed by atoms with Gasteiger partial charge in [0.1, 0.15) is 0 Å². The second-order valence-electron chi connectivity index (χ2n) is 5.27. The largest absolute Gasteiger partial charge is 0.500 e. The molecule has 0 radical (unpaired) electrons. The predicted molar refractivity (Wildman–Crippen MR) is 74.8 cm³/mol. The van der Waals surface area contributed by atoms with Crippen LogP contribution in [0.4, 0.5) is 5.69 Å². The summed E-state index contributed by atoms with van der Waals surface area (Å²) in [5.74, 6) is -0.0184. The van der Waals surface area contributed by atoms with E-state index in [0.717, 1.165) is 25.7 Å². The Labute approximate surface area is 117 Å². The molecule has 0 aliphatic heterocycles. The molecule has 20 heavy (non-hydrogen) atoms. The molecule has 1 aromatic rings. The Morgan fingerprint density at radius 1 is 1.40 bits per heavy atom. The minimum Gasteiger partial charge on any atom is -0.500 e. The van der Waals surface area contributed by atoms with E-state index >= 15 is 0 Å². The Morgan fingerprint density at radius 3 is 2.60 bits per heavy atom. The Bertz CT molecular complexity index is 498. The number of nitro groups is 1. The monoisotopic (exact) mass is 280 g/mol. The van der Waals surface area contributed by atoms with Crippen molar-refractivity contribution in [3.05, 3.63) is 27.8 Å². The number of nitrogens with zero attached hydrogens (tertiary/aromatic N) is 1. The van der Waals surface area contributed by atoms with Crippen LogP contribution in [0.15, 0.2) is 12.1 Å². The summed E-state index contributed by atoms with van der Waals surface area (Å²) in [7, 11) is 1.37. The summed E-state index contributed by atoms with van der Waals surface area (Å²) in [6, 6.07) is 2.70. The fraction of sp³-hybridized carbons (Fsp3) is 0.571. The number of rotatable bonds is 4. The molecule has 1 aliphatic rings. The van der Waals surface area contributed by atoms with E-state index in [0.29, 0.717) is 11.5 Å². The standard InChI is InChI=1S/C14H20N2O4/c1-20-12-8-10(7-11(14(12)17)16(18)19)13(15)9-5-3-2-4-6-9/h7-9,13,17H,2-6,15H2,1H3/t13-/m0/s1. The predicted octanol–water partition coefficient (Wildman–Crippen LogP) is 2.89. The number of nitrogens with two attached hydrogens (primary N) is 1. The van der Waals surface area contributed by atoms with Gasteiger partial charge in [-0.2, -0.15) is 0 Å². The first-order valence-corrected chi connectivity index (χ1v) is 6.85. The van der Waals surface area contributed by atoms with Crippen molar-refractivity contribution in [1.82, 2.24) is 0 Å². The quantitative estimate of drug-likeness (QED) is 0.652. The first-order valence-electron chi connectivity index (χ1n) is 6.85. The summed E-state index contributed by atoms with van der Waals surface area (Å²) in [6.07, 6.45) is 5.60. The minimum atomic E-state index is -0.616. The molecule has 0 unspecified atom stereocenters. The van der Waals surface area contributed by atoms with Crippen LogP contribution in [0, 0.1) is 16.0 Å². The fourth-order valence-electron chi connectivity index (χ4n) is 2.87. The van der Waals surface area contributed by atoms with Crippen molar-refractivity contribution in [2.75, 3.05) is 7.11 Å². The van der Waals surface area contributed by atoms with Gasteiger partial charge in [0, 0.05) is 12.1 Å². The second kappa shape index (κ2) is 6.09. The number of aromatic hydroxyl groups is 1. The van der Waals surface area contributed by atoms with Gasteiger partial charge in [0.2, 0.25) is 5.75 Å². The maximum absolute atomic E-state index is 11.0. The second-order valence-corrected chi connectivity index (χ2v) is 5.27. The highest BCUT2D eigenvalue weighted by Gasteiger charge is 2.26.